The van der Waals surface area contributed by atoms with Gasteiger partial charge in [0.15, 0.2) is 6.29 Å². The first-order valence-electron chi connectivity index (χ1n) is 8.70. The van der Waals surface area contributed by atoms with Crippen molar-refractivity contribution in [2.24, 2.45) is 0 Å². The normalized spacial score (nSPS) is 11.4. The molecule has 3 rings (SSSR count). The van der Waals surface area contributed by atoms with Gasteiger partial charge in [0.25, 0.3) is 5.56 Å². The van der Waals surface area contributed by atoms with Crippen LogP contribution in [0.15, 0.2) is 63.1 Å². The molecule has 0 aliphatic heterocycles. The summed E-state index contributed by atoms with van der Waals surface area (Å²) in [5.41, 5.74) is -1.43. The van der Waals surface area contributed by atoms with E-state index >= 15 is 0 Å². The lowest BCUT2D eigenvalue weighted by atomic mass is 10.2. The second-order valence-corrected chi connectivity index (χ2v) is 8.66. The zero-order valence-electron chi connectivity index (χ0n) is 15.9. The van der Waals surface area contributed by atoms with E-state index in [9.17, 15) is 18.4 Å². The molecule has 10 heteroatoms. The quantitative estimate of drug-likeness (QED) is 0.273. The minimum absolute atomic E-state index is 0.0312. The Morgan fingerprint density at radius 1 is 1.13 bits per heavy atom. The monoisotopic (exact) mass is 503 g/mol. The molecule has 0 atom stereocenters. The Labute approximate surface area is 195 Å². The highest BCUT2D eigenvalue weighted by Crippen LogP contribution is 2.41. The van der Waals surface area contributed by atoms with Crippen LogP contribution in [0, 0.1) is 0 Å². The van der Waals surface area contributed by atoms with E-state index in [4.69, 9.17) is 39.5 Å². The Morgan fingerprint density at radius 2 is 1.74 bits per heavy atom. The zero-order valence-corrected chi connectivity index (χ0v) is 19.0. The molecule has 0 N–H and O–H groups in total. The van der Waals surface area contributed by atoms with E-state index in [2.05, 4.69) is 0 Å². The van der Waals surface area contributed by atoms with Gasteiger partial charge >= 0.3 is 5.38 Å². The number of alkyl halides is 3. The van der Waals surface area contributed by atoms with E-state index in [0.717, 1.165) is 22.4 Å². The molecule has 0 bridgehead atoms. The molecule has 4 nitrogen and oxygen atoms in total. The summed E-state index contributed by atoms with van der Waals surface area (Å²) in [5, 5.41) is -3.38. The molecule has 1 aromatic heterocycles. The maximum Gasteiger partial charge on any atom is 0.363 e. The molecule has 31 heavy (non-hydrogen) atoms. The molecule has 0 saturated heterocycles. The predicted molar refractivity (Wildman–Crippen MR) is 119 cm³/mol. The van der Waals surface area contributed by atoms with Crippen molar-refractivity contribution in [3.8, 4) is 5.75 Å². The van der Waals surface area contributed by atoms with Crippen LogP contribution in [0.5, 0.6) is 5.75 Å². The molecule has 0 amide bonds. The molecule has 0 aliphatic carbocycles. The summed E-state index contributed by atoms with van der Waals surface area (Å²) >= 11 is 18.5. The summed E-state index contributed by atoms with van der Waals surface area (Å²) in [6.07, 6.45) is 0.316. The molecule has 0 aliphatic rings. The summed E-state index contributed by atoms with van der Waals surface area (Å²) in [4.78, 5) is 25.0. The van der Waals surface area contributed by atoms with Crippen LogP contribution in [-0.4, -0.2) is 18.0 Å². The van der Waals surface area contributed by atoms with Gasteiger partial charge in [-0.2, -0.15) is 8.78 Å². The topological polar surface area (TPSA) is 48.3 Å². The fourth-order valence-corrected chi connectivity index (χ4v) is 4.58. The van der Waals surface area contributed by atoms with Gasteiger partial charge in [0.1, 0.15) is 11.4 Å². The summed E-state index contributed by atoms with van der Waals surface area (Å²) in [7, 11) is 1.49. The number of carbonyl (C=O) groups excluding carboxylic acids is 1. The highest BCUT2D eigenvalue weighted by Gasteiger charge is 2.34. The first-order chi connectivity index (χ1) is 14.7. The summed E-state index contributed by atoms with van der Waals surface area (Å²) in [6.45, 7) is -0.223. The molecular weight excluding hydrogens is 491 g/mol. The molecular formula is C21H14Cl3F2NO3S. The molecule has 1 heterocycles. The number of rotatable bonds is 7. The third-order valence-electron chi connectivity index (χ3n) is 4.34. The van der Waals surface area contributed by atoms with E-state index < -0.39 is 16.6 Å². The van der Waals surface area contributed by atoms with Crippen molar-refractivity contribution in [1.29, 1.82) is 0 Å². The van der Waals surface area contributed by atoms with Gasteiger partial charge in [0.05, 0.1) is 29.3 Å². The van der Waals surface area contributed by atoms with Gasteiger partial charge in [-0.3, -0.25) is 9.59 Å². The second kappa shape index (κ2) is 9.61. The minimum atomic E-state index is -3.87. The fraction of sp³-hybridized carbons (Fsp3) is 0.143. The number of halogens is 5. The van der Waals surface area contributed by atoms with Gasteiger partial charge in [-0.15, -0.1) is 0 Å². The van der Waals surface area contributed by atoms with Crippen LogP contribution < -0.4 is 10.3 Å². The van der Waals surface area contributed by atoms with Gasteiger partial charge in [-0.1, -0.05) is 53.2 Å². The number of aldehydes is 1. The largest absolute Gasteiger partial charge is 0.497 e. The van der Waals surface area contributed by atoms with Crippen LogP contribution in [0.2, 0.25) is 10.0 Å². The lowest BCUT2D eigenvalue weighted by Gasteiger charge is -2.19. The average Bonchev–Trinajstić information content (AvgIpc) is 2.72. The first-order valence-corrected chi connectivity index (χ1v) is 10.7. The summed E-state index contributed by atoms with van der Waals surface area (Å²) in [5.74, 6) is 0.566. The Bertz CT molecular complexity index is 1160. The number of methoxy groups -OCH3 is 1. The van der Waals surface area contributed by atoms with Crippen LogP contribution in [0.25, 0.3) is 0 Å². The lowest BCUT2D eigenvalue weighted by Crippen LogP contribution is -2.31. The van der Waals surface area contributed by atoms with Crippen LogP contribution >= 0.6 is 46.6 Å². The van der Waals surface area contributed by atoms with Crippen molar-refractivity contribution in [2.75, 3.05) is 7.11 Å². The average molecular weight is 505 g/mol. The molecule has 0 fully saturated rings. The smallest absolute Gasteiger partial charge is 0.363 e. The van der Waals surface area contributed by atoms with Crippen molar-refractivity contribution in [1.82, 2.24) is 4.57 Å². The van der Waals surface area contributed by atoms with E-state index in [-0.39, 0.29) is 27.0 Å². The number of pyridine rings is 1. The van der Waals surface area contributed by atoms with Crippen LogP contribution in [0.1, 0.15) is 21.6 Å². The highest BCUT2D eigenvalue weighted by atomic mass is 35.5. The maximum atomic E-state index is 14.3. The molecule has 0 saturated carbocycles. The van der Waals surface area contributed by atoms with Crippen molar-refractivity contribution in [3.63, 3.8) is 0 Å². The van der Waals surface area contributed by atoms with Crippen molar-refractivity contribution in [3.05, 3.63) is 85.8 Å². The minimum Gasteiger partial charge on any atom is -0.497 e. The van der Waals surface area contributed by atoms with Crippen LogP contribution in [0.4, 0.5) is 8.78 Å². The Balaban J connectivity index is 2.16. The SMILES string of the molecule is COc1ccc(Cn2c(C(F)(F)Cl)cc(Sc3c(Cl)cccc3Cl)c(C=O)c2=O)cc1. The molecule has 0 spiro atoms. The number of hydrogen-bond acceptors (Lipinski definition) is 4. The number of hydrogen-bond donors (Lipinski definition) is 0. The lowest BCUT2D eigenvalue weighted by molar-refractivity contribution is 0.0839. The van der Waals surface area contributed by atoms with Gasteiger partial charge < -0.3 is 9.30 Å². The predicted octanol–water partition coefficient (Wildman–Crippen LogP) is 6.46. The number of nitrogens with zero attached hydrogens (tertiary/aromatic N) is 1. The van der Waals surface area contributed by atoms with Gasteiger partial charge in [-0.05, 0) is 47.5 Å². The maximum absolute atomic E-state index is 14.3. The molecule has 0 radical (unpaired) electrons. The standard InChI is InChI=1S/C21H14Cl3F2NO3S/c1-30-13-7-5-12(6-8-13)10-27-18(21(24,25)26)9-17(14(11-28)20(27)29)31-19-15(22)3-2-4-16(19)23/h2-9,11H,10H2,1H3. The number of aromatic nitrogens is 1. The van der Waals surface area contributed by atoms with Gasteiger partial charge in [0.2, 0.25) is 0 Å². The van der Waals surface area contributed by atoms with E-state index in [1.807, 2.05) is 0 Å². The molecule has 3 aromatic rings. The van der Waals surface area contributed by atoms with Crippen molar-refractivity contribution < 1.29 is 18.3 Å². The third kappa shape index (κ3) is 5.23. The Hall–Kier alpha value is -2.06. The van der Waals surface area contributed by atoms with Crippen molar-refractivity contribution >= 4 is 52.9 Å². The van der Waals surface area contributed by atoms with Crippen LogP contribution in [-0.2, 0) is 11.9 Å². The number of carbonyl (C=O) groups is 1. The van der Waals surface area contributed by atoms with E-state index in [0.29, 0.717) is 22.5 Å². The zero-order chi connectivity index (χ0) is 22.8. The van der Waals surface area contributed by atoms with Crippen LogP contribution in [0.3, 0.4) is 0 Å². The van der Waals surface area contributed by atoms with E-state index in [1.165, 1.54) is 7.11 Å². The molecule has 0 unspecified atom stereocenters. The Morgan fingerprint density at radius 3 is 2.26 bits per heavy atom. The molecule has 162 valence electrons. The summed E-state index contributed by atoms with van der Waals surface area (Å²) in [6, 6.07) is 12.2. The van der Waals surface area contributed by atoms with Gasteiger partial charge in [-0.25, -0.2) is 0 Å². The van der Waals surface area contributed by atoms with Gasteiger partial charge in [0, 0.05) is 9.79 Å². The number of benzene rings is 2. The number of ether oxygens (including phenoxy) is 1. The molecule has 2 aromatic carbocycles. The third-order valence-corrected chi connectivity index (χ3v) is 6.59. The fourth-order valence-electron chi connectivity index (χ4n) is 2.83. The first kappa shape index (κ1) is 23.6. The second-order valence-electron chi connectivity index (χ2n) is 6.32. The van der Waals surface area contributed by atoms with Crippen molar-refractivity contribution in [2.45, 2.75) is 21.7 Å². The van der Waals surface area contributed by atoms with E-state index in [1.54, 1.807) is 42.5 Å². The Kier molecular flexibility index (Phi) is 7.31. The highest BCUT2D eigenvalue weighted by molar-refractivity contribution is 7.99. The summed E-state index contributed by atoms with van der Waals surface area (Å²) < 4.78 is 34.4.